The van der Waals surface area contributed by atoms with E-state index in [1.54, 1.807) is 12.1 Å². The summed E-state index contributed by atoms with van der Waals surface area (Å²) < 4.78 is 17.4. The molecule has 0 spiro atoms. The molecule has 1 aliphatic rings. The molecule has 5 nitrogen and oxygen atoms in total. The first-order chi connectivity index (χ1) is 12.1. The molecule has 2 aromatic rings. The molecule has 3 rings (SSSR count). The summed E-state index contributed by atoms with van der Waals surface area (Å²) in [7, 11) is 0. The molecule has 0 saturated carbocycles. The number of carbonyl (C=O) groups is 1. The summed E-state index contributed by atoms with van der Waals surface area (Å²) >= 11 is 1.33. The number of aromatic nitrogens is 2. The molecule has 1 fully saturated rings. The molecule has 0 radical (unpaired) electrons. The topological polar surface area (TPSA) is 58.1 Å². The van der Waals surface area contributed by atoms with Gasteiger partial charge in [0.1, 0.15) is 17.7 Å². The summed E-state index contributed by atoms with van der Waals surface area (Å²) in [5.74, 6) is 0.532. The van der Waals surface area contributed by atoms with Crippen molar-refractivity contribution in [3.63, 3.8) is 0 Å². The lowest BCUT2D eigenvalue weighted by molar-refractivity contribution is -0.122. The van der Waals surface area contributed by atoms with Gasteiger partial charge in [-0.2, -0.15) is 4.37 Å². The summed E-state index contributed by atoms with van der Waals surface area (Å²) in [5.41, 5.74) is 0.971. The summed E-state index contributed by atoms with van der Waals surface area (Å²) in [4.78, 5) is 19.2. The molecule has 2 heterocycles. The molecular weight excluding hydrogens is 339 g/mol. The van der Waals surface area contributed by atoms with Gasteiger partial charge in [-0.05, 0) is 43.9 Å². The van der Waals surface area contributed by atoms with E-state index in [0.29, 0.717) is 12.2 Å². The van der Waals surface area contributed by atoms with E-state index < -0.39 is 0 Å². The molecule has 2 unspecified atom stereocenters. The van der Waals surface area contributed by atoms with E-state index in [-0.39, 0.29) is 23.8 Å². The summed E-state index contributed by atoms with van der Waals surface area (Å²) in [5, 5.41) is 3.85. The van der Waals surface area contributed by atoms with Crippen LogP contribution in [-0.2, 0) is 11.2 Å². The van der Waals surface area contributed by atoms with Gasteiger partial charge in [0.15, 0.2) is 0 Å². The Morgan fingerprint density at radius 3 is 2.92 bits per heavy atom. The first kappa shape index (κ1) is 17.8. The molecule has 1 amide bonds. The molecule has 1 aromatic heterocycles. The zero-order valence-corrected chi connectivity index (χ0v) is 15.4. The van der Waals surface area contributed by atoms with Crippen LogP contribution in [0.3, 0.4) is 0 Å². The van der Waals surface area contributed by atoms with Crippen molar-refractivity contribution in [2.24, 2.45) is 0 Å². The van der Waals surface area contributed by atoms with Crippen LogP contribution in [0.5, 0.6) is 0 Å². The van der Waals surface area contributed by atoms with E-state index in [1.165, 1.54) is 23.7 Å². The number of benzene rings is 1. The van der Waals surface area contributed by atoms with E-state index in [2.05, 4.69) is 26.5 Å². The highest BCUT2D eigenvalue weighted by Crippen LogP contribution is 2.28. The SMILES string of the molecule is CCC(C)NC(=O)C1CCCN1c1nc(Cc2ccc(F)cc2)ns1. The van der Waals surface area contributed by atoms with Crippen LogP contribution >= 0.6 is 11.5 Å². The Labute approximate surface area is 151 Å². The van der Waals surface area contributed by atoms with Crippen molar-refractivity contribution >= 4 is 22.6 Å². The highest BCUT2D eigenvalue weighted by molar-refractivity contribution is 7.09. The Kier molecular flexibility index (Phi) is 5.63. The van der Waals surface area contributed by atoms with Crippen molar-refractivity contribution in [3.8, 4) is 0 Å². The Morgan fingerprint density at radius 1 is 1.44 bits per heavy atom. The molecule has 1 N–H and O–H groups in total. The van der Waals surface area contributed by atoms with Crippen LogP contribution in [0.15, 0.2) is 24.3 Å². The molecule has 7 heteroatoms. The number of carbonyl (C=O) groups excluding carboxylic acids is 1. The number of halogens is 1. The zero-order chi connectivity index (χ0) is 17.8. The molecule has 1 saturated heterocycles. The predicted molar refractivity (Wildman–Crippen MR) is 97.4 cm³/mol. The Balaban J connectivity index is 1.68. The van der Waals surface area contributed by atoms with Gasteiger partial charge in [0.2, 0.25) is 11.0 Å². The fraction of sp³-hybridized carbons (Fsp3) is 0.500. The van der Waals surface area contributed by atoms with E-state index in [1.807, 2.05) is 6.92 Å². The maximum absolute atomic E-state index is 13.0. The van der Waals surface area contributed by atoms with E-state index in [4.69, 9.17) is 0 Å². The normalized spacial score (nSPS) is 18.4. The Hall–Kier alpha value is -2.02. The fourth-order valence-corrected chi connectivity index (χ4v) is 3.69. The second-order valence-electron chi connectivity index (χ2n) is 6.47. The van der Waals surface area contributed by atoms with Crippen LogP contribution in [0.2, 0.25) is 0 Å². The van der Waals surface area contributed by atoms with Crippen LogP contribution in [-0.4, -0.2) is 33.9 Å². The average Bonchev–Trinajstić information content (AvgIpc) is 3.25. The third-order valence-corrected chi connectivity index (χ3v) is 5.33. The highest BCUT2D eigenvalue weighted by atomic mass is 32.1. The van der Waals surface area contributed by atoms with Crippen molar-refractivity contribution in [2.75, 3.05) is 11.4 Å². The number of nitrogens with zero attached hydrogens (tertiary/aromatic N) is 3. The summed E-state index contributed by atoms with van der Waals surface area (Å²) in [6, 6.07) is 6.39. The second-order valence-corrected chi connectivity index (χ2v) is 7.20. The molecule has 0 aliphatic carbocycles. The van der Waals surface area contributed by atoms with Crippen LogP contribution in [0.25, 0.3) is 0 Å². The van der Waals surface area contributed by atoms with Gasteiger partial charge in [0, 0.05) is 30.5 Å². The lowest BCUT2D eigenvalue weighted by atomic mass is 10.1. The van der Waals surface area contributed by atoms with Crippen LogP contribution in [0.4, 0.5) is 9.52 Å². The molecule has 0 bridgehead atoms. The Bertz CT molecular complexity index is 718. The van der Waals surface area contributed by atoms with Gasteiger partial charge < -0.3 is 10.2 Å². The second kappa shape index (κ2) is 7.91. The molecule has 2 atom stereocenters. The van der Waals surface area contributed by atoms with Crippen molar-refractivity contribution in [1.29, 1.82) is 0 Å². The summed E-state index contributed by atoms with van der Waals surface area (Å²) in [6.07, 6.45) is 3.30. The van der Waals surface area contributed by atoms with Gasteiger partial charge in [-0.3, -0.25) is 4.79 Å². The van der Waals surface area contributed by atoms with E-state index >= 15 is 0 Å². The molecule has 1 aliphatic heterocycles. The largest absolute Gasteiger partial charge is 0.352 e. The maximum atomic E-state index is 13.0. The van der Waals surface area contributed by atoms with E-state index in [9.17, 15) is 9.18 Å². The van der Waals surface area contributed by atoms with Gasteiger partial charge >= 0.3 is 0 Å². The van der Waals surface area contributed by atoms with Crippen LogP contribution in [0, 0.1) is 5.82 Å². The number of anilines is 1. The minimum Gasteiger partial charge on any atom is -0.352 e. The number of nitrogens with one attached hydrogen (secondary N) is 1. The number of rotatable bonds is 6. The average molecular weight is 362 g/mol. The van der Waals surface area contributed by atoms with Gasteiger partial charge in [0.05, 0.1) is 0 Å². The molecule has 1 aromatic carbocycles. The quantitative estimate of drug-likeness (QED) is 0.858. The van der Waals surface area contributed by atoms with Crippen molar-refractivity contribution in [1.82, 2.24) is 14.7 Å². The standard InChI is InChI=1S/C18H23FN4OS/c1-3-12(2)20-17(24)15-5-4-10-23(15)18-21-16(22-25-18)11-13-6-8-14(19)9-7-13/h6-9,12,15H,3-5,10-11H2,1-2H3,(H,20,24). The lowest BCUT2D eigenvalue weighted by Crippen LogP contribution is -2.46. The van der Waals surface area contributed by atoms with Crippen molar-refractivity contribution in [2.45, 2.75) is 51.6 Å². The van der Waals surface area contributed by atoms with Gasteiger partial charge in [-0.1, -0.05) is 19.1 Å². The number of hydrogen-bond donors (Lipinski definition) is 1. The fourth-order valence-electron chi connectivity index (χ4n) is 2.93. The predicted octanol–water partition coefficient (Wildman–Crippen LogP) is 3.15. The van der Waals surface area contributed by atoms with Crippen molar-refractivity contribution in [3.05, 3.63) is 41.5 Å². The third-order valence-electron chi connectivity index (χ3n) is 4.54. The number of amides is 1. The lowest BCUT2D eigenvalue weighted by Gasteiger charge is -2.24. The monoisotopic (exact) mass is 362 g/mol. The molecule has 134 valence electrons. The Morgan fingerprint density at radius 2 is 2.20 bits per heavy atom. The highest BCUT2D eigenvalue weighted by Gasteiger charge is 2.33. The van der Waals surface area contributed by atoms with Gasteiger partial charge in [-0.25, -0.2) is 9.37 Å². The first-order valence-electron chi connectivity index (χ1n) is 8.71. The first-order valence-corrected chi connectivity index (χ1v) is 9.48. The third kappa shape index (κ3) is 4.34. The molecular formula is C18H23FN4OS. The van der Waals surface area contributed by atoms with Gasteiger partial charge in [0.25, 0.3) is 0 Å². The zero-order valence-electron chi connectivity index (χ0n) is 14.5. The number of hydrogen-bond acceptors (Lipinski definition) is 5. The van der Waals surface area contributed by atoms with Crippen LogP contribution in [0.1, 0.15) is 44.5 Å². The van der Waals surface area contributed by atoms with E-state index in [0.717, 1.165) is 36.5 Å². The summed E-state index contributed by atoms with van der Waals surface area (Å²) in [6.45, 7) is 4.90. The minimum atomic E-state index is -0.247. The molecule has 25 heavy (non-hydrogen) atoms. The van der Waals surface area contributed by atoms with Gasteiger partial charge in [-0.15, -0.1) is 0 Å². The van der Waals surface area contributed by atoms with Crippen LogP contribution < -0.4 is 10.2 Å². The van der Waals surface area contributed by atoms with Crippen molar-refractivity contribution < 1.29 is 9.18 Å². The maximum Gasteiger partial charge on any atom is 0.242 e. The minimum absolute atomic E-state index is 0.0714. The smallest absolute Gasteiger partial charge is 0.242 e.